The second kappa shape index (κ2) is 7.72. The zero-order chi connectivity index (χ0) is 20.4. The van der Waals surface area contributed by atoms with Crippen molar-refractivity contribution >= 4 is 23.1 Å². The van der Waals surface area contributed by atoms with Crippen LogP contribution in [0.4, 0.5) is 5.69 Å². The number of hydrogen-bond donors (Lipinski definition) is 0. The average Bonchev–Trinajstić information content (AvgIpc) is 3.00. The summed E-state index contributed by atoms with van der Waals surface area (Å²) >= 11 is 0. The van der Waals surface area contributed by atoms with E-state index in [2.05, 4.69) is 4.98 Å². The van der Waals surface area contributed by atoms with Gasteiger partial charge in [-0.1, -0.05) is 48.0 Å². The van der Waals surface area contributed by atoms with E-state index < -0.39 is 0 Å². The Labute approximate surface area is 169 Å². The molecule has 0 spiro atoms. The Morgan fingerprint density at radius 2 is 1.52 bits per heavy atom. The average molecular weight is 383 g/mol. The van der Waals surface area contributed by atoms with Crippen LogP contribution in [-0.4, -0.2) is 28.7 Å². The molecule has 5 heteroatoms. The zero-order valence-corrected chi connectivity index (χ0v) is 16.4. The molecule has 2 aromatic carbocycles. The van der Waals surface area contributed by atoms with Crippen LogP contribution in [0.1, 0.15) is 16.7 Å². The van der Waals surface area contributed by atoms with Crippen LogP contribution in [0.5, 0.6) is 0 Å². The van der Waals surface area contributed by atoms with Gasteiger partial charge in [0.2, 0.25) is 0 Å². The molecule has 5 nitrogen and oxygen atoms in total. The van der Waals surface area contributed by atoms with Crippen LogP contribution < -0.4 is 4.90 Å². The van der Waals surface area contributed by atoms with E-state index in [4.69, 9.17) is 0 Å². The molecule has 0 saturated carbocycles. The third-order valence-corrected chi connectivity index (χ3v) is 5.05. The van der Waals surface area contributed by atoms with Crippen molar-refractivity contribution in [3.05, 3.63) is 102 Å². The Hall–Kier alpha value is -3.73. The molecule has 2 heterocycles. The molecule has 0 atom stereocenters. The van der Waals surface area contributed by atoms with E-state index in [0.29, 0.717) is 11.3 Å². The second-order valence-corrected chi connectivity index (χ2v) is 7.04. The molecule has 1 aromatic heterocycles. The smallest absolute Gasteiger partial charge is 0.278 e. The van der Waals surface area contributed by atoms with Crippen LogP contribution in [0.2, 0.25) is 0 Å². The van der Waals surface area contributed by atoms with Crippen LogP contribution in [0, 0.1) is 6.92 Å². The van der Waals surface area contributed by atoms with Crippen molar-refractivity contribution in [1.82, 2.24) is 9.88 Å². The summed E-state index contributed by atoms with van der Waals surface area (Å²) in [5.74, 6) is -0.581. The number of carbonyl (C=O) groups is 2. The molecule has 0 aliphatic carbocycles. The molecular weight excluding hydrogens is 362 g/mol. The number of hydrogen-bond acceptors (Lipinski definition) is 4. The van der Waals surface area contributed by atoms with Gasteiger partial charge in [0, 0.05) is 25.1 Å². The maximum absolute atomic E-state index is 13.4. The highest BCUT2D eigenvalue weighted by molar-refractivity contribution is 6.36. The van der Waals surface area contributed by atoms with E-state index in [1.165, 1.54) is 4.90 Å². The summed E-state index contributed by atoms with van der Waals surface area (Å²) in [7, 11) is 1.82. The Kier molecular flexibility index (Phi) is 4.96. The third kappa shape index (κ3) is 3.55. The van der Waals surface area contributed by atoms with Gasteiger partial charge in [-0.05, 0) is 42.3 Å². The van der Waals surface area contributed by atoms with Crippen molar-refractivity contribution in [2.75, 3.05) is 11.9 Å². The van der Waals surface area contributed by atoms with Crippen LogP contribution in [0.15, 0.2) is 84.8 Å². The Bertz CT molecular complexity index is 1070. The largest absolute Gasteiger partial charge is 0.339 e. The molecule has 0 N–H and O–H groups in total. The van der Waals surface area contributed by atoms with Gasteiger partial charge in [-0.15, -0.1) is 0 Å². The maximum Gasteiger partial charge on any atom is 0.278 e. The number of amides is 2. The number of aromatic nitrogens is 1. The molecule has 0 bridgehead atoms. The molecule has 2 amide bonds. The van der Waals surface area contributed by atoms with Crippen molar-refractivity contribution in [1.29, 1.82) is 0 Å². The lowest BCUT2D eigenvalue weighted by Gasteiger charge is -2.21. The molecule has 144 valence electrons. The number of anilines is 1. The number of pyridine rings is 1. The molecule has 0 radical (unpaired) electrons. The predicted octanol–water partition coefficient (Wildman–Crippen LogP) is 3.81. The number of imide groups is 1. The van der Waals surface area contributed by atoms with E-state index in [9.17, 15) is 9.59 Å². The molecule has 0 saturated heterocycles. The first-order valence-corrected chi connectivity index (χ1v) is 9.41. The van der Waals surface area contributed by atoms with Crippen LogP contribution in [0.25, 0.3) is 5.57 Å². The second-order valence-electron chi connectivity index (χ2n) is 7.04. The number of carbonyl (C=O) groups excluding carboxylic acids is 2. The highest BCUT2D eigenvalue weighted by Crippen LogP contribution is 2.34. The van der Waals surface area contributed by atoms with E-state index in [1.54, 1.807) is 17.3 Å². The number of rotatable bonds is 5. The summed E-state index contributed by atoms with van der Waals surface area (Å²) in [6, 6.07) is 20.9. The summed E-state index contributed by atoms with van der Waals surface area (Å²) in [6.45, 7) is 2.20. The first kappa shape index (κ1) is 18.6. The van der Waals surface area contributed by atoms with E-state index >= 15 is 0 Å². The zero-order valence-electron chi connectivity index (χ0n) is 16.4. The molecule has 4 rings (SSSR count). The lowest BCUT2D eigenvalue weighted by Crippen LogP contribution is -2.33. The van der Waals surface area contributed by atoms with Crippen LogP contribution >= 0.6 is 0 Å². The van der Waals surface area contributed by atoms with E-state index in [1.807, 2.05) is 80.7 Å². The Morgan fingerprint density at radius 3 is 2.17 bits per heavy atom. The highest BCUT2D eigenvalue weighted by atomic mass is 16.2. The molecule has 0 fully saturated rings. The fraction of sp³-hybridized carbons (Fsp3) is 0.125. The lowest BCUT2D eigenvalue weighted by molar-refractivity contribution is -0.137. The minimum absolute atomic E-state index is 0.210. The number of likely N-dealkylation sites (N-methyl/N-ethyl adjacent to an activating group) is 1. The van der Waals surface area contributed by atoms with Crippen molar-refractivity contribution in [3.8, 4) is 0 Å². The molecule has 29 heavy (non-hydrogen) atoms. The highest BCUT2D eigenvalue weighted by Gasteiger charge is 2.41. The van der Waals surface area contributed by atoms with Gasteiger partial charge in [0.1, 0.15) is 5.70 Å². The van der Waals surface area contributed by atoms with Crippen molar-refractivity contribution < 1.29 is 9.59 Å². The SMILES string of the molecule is Cc1ccc(C2=C(N(C)c3ccccc3)C(=O)N(Cc3ccncc3)C2=O)cc1. The van der Waals surface area contributed by atoms with Crippen LogP contribution in [-0.2, 0) is 16.1 Å². The van der Waals surface area contributed by atoms with Gasteiger partial charge in [0.25, 0.3) is 11.8 Å². The summed E-state index contributed by atoms with van der Waals surface area (Å²) in [5, 5.41) is 0. The van der Waals surface area contributed by atoms with Crippen molar-refractivity contribution in [3.63, 3.8) is 0 Å². The molecule has 0 unspecified atom stereocenters. The normalized spacial score (nSPS) is 13.9. The fourth-order valence-corrected chi connectivity index (χ4v) is 3.45. The predicted molar refractivity (Wildman–Crippen MR) is 113 cm³/mol. The molecule has 1 aliphatic rings. The van der Waals surface area contributed by atoms with Crippen molar-refractivity contribution in [2.24, 2.45) is 0 Å². The monoisotopic (exact) mass is 383 g/mol. The first-order valence-electron chi connectivity index (χ1n) is 9.41. The quantitative estimate of drug-likeness (QED) is 0.629. The third-order valence-electron chi connectivity index (χ3n) is 5.05. The standard InChI is InChI=1S/C24H21N3O2/c1-17-8-10-19(11-9-17)21-22(26(2)20-6-4-3-5-7-20)24(29)27(23(21)28)16-18-12-14-25-15-13-18/h3-15H,16H2,1-2H3. The number of benzene rings is 2. The number of nitrogens with zero attached hydrogens (tertiary/aromatic N) is 3. The van der Waals surface area contributed by atoms with Gasteiger partial charge in [-0.3, -0.25) is 19.5 Å². The lowest BCUT2D eigenvalue weighted by atomic mass is 10.0. The van der Waals surface area contributed by atoms with Gasteiger partial charge < -0.3 is 4.90 Å². The first-order chi connectivity index (χ1) is 14.1. The fourth-order valence-electron chi connectivity index (χ4n) is 3.45. The van der Waals surface area contributed by atoms with Gasteiger partial charge >= 0.3 is 0 Å². The molecule has 3 aromatic rings. The Balaban J connectivity index is 1.79. The van der Waals surface area contributed by atoms with Crippen molar-refractivity contribution in [2.45, 2.75) is 13.5 Å². The van der Waals surface area contributed by atoms with Gasteiger partial charge in [0.15, 0.2) is 0 Å². The summed E-state index contributed by atoms with van der Waals surface area (Å²) < 4.78 is 0. The van der Waals surface area contributed by atoms with Gasteiger partial charge in [-0.2, -0.15) is 0 Å². The summed E-state index contributed by atoms with van der Waals surface area (Å²) in [5.41, 5.74) is 4.35. The summed E-state index contributed by atoms with van der Waals surface area (Å²) in [4.78, 5) is 33.8. The minimum Gasteiger partial charge on any atom is -0.339 e. The summed E-state index contributed by atoms with van der Waals surface area (Å²) in [6.07, 6.45) is 3.32. The van der Waals surface area contributed by atoms with Gasteiger partial charge in [-0.25, -0.2) is 0 Å². The minimum atomic E-state index is -0.297. The topological polar surface area (TPSA) is 53.5 Å². The van der Waals surface area contributed by atoms with E-state index in [0.717, 1.165) is 22.4 Å². The molecular formula is C24H21N3O2. The maximum atomic E-state index is 13.4. The van der Waals surface area contributed by atoms with E-state index in [-0.39, 0.29) is 18.4 Å². The number of aryl methyl sites for hydroxylation is 1. The Morgan fingerprint density at radius 1 is 0.862 bits per heavy atom. The van der Waals surface area contributed by atoms with Gasteiger partial charge in [0.05, 0.1) is 12.1 Å². The number of para-hydroxylation sites is 1. The molecule has 1 aliphatic heterocycles. The van der Waals surface area contributed by atoms with Crippen LogP contribution in [0.3, 0.4) is 0 Å².